The first-order chi connectivity index (χ1) is 22.9. The highest BCUT2D eigenvalue weighted by Gasteiger charge is 2.19. The van der Waals surface area contributed by atoms with Crippen molar-refractivity contribution in [1.29, 1.82) is 0 Å². The van der Waals surface area contributed by atoms with Crippen molar-refractivity contribution in [2.75, 3.05) is 0 Å². The van der Waals surface area contributed by atoms with Gasteiger partial charge in [0.1, 0.15) is 5.65 Å². The monoisotopic (exact) mass is 606 g/mol. The van der Waals surface area contributed by atoms with Gasteiger partial charge in [0.15, 0.2) is 0 Å². The highest BCUT2D eigenvalue weighted by atomic mass is 15.0. The van der Waals surface area contributed by atoms with Gasteiger partial charge in [-0.3, -0.25) is 9.55 Å². The SMILES string of the molecule is CC(C)(C)c1cc(-c2ccccc2)cc(-c2cc(-c3ccc(-n4c5ccccc5c5cccnc54)cc3)cc(-c3ccccn3)n2)c1. The highest BCUT2D eigenvalue weighted by molar-refractivity contribution is 6.07. The number of nitrogens with zero attached hydrogens (tertiary/aromatic N) is 4. The quantitative estimate of drug-likeness (QED) is 0.196. The molecule has 0 amide bonds. The lowest BCUT2D eigenvalue weighted by Crippen LogP contribution is -2.11. The van der Waals surface area contributed by atoms with E-state index >= 15 is 0 Å². The Hall–Kier alpha value is -5.87. The van der Waals surface area contributed by atoms with E-state index in [2.05, 4.69) is 146 Å². The maximum Gasteiger partial charge on any atom is 0.145 e. The minimum atomic E-state index is -0.0293. The third-order valence-corrected chi connectivity index (χ3v) is 8.85. The van der Waals surface area contributed by atoms with Crippen LogP contribution < -0.4 is 0 Å². The predicted octanol–water partition coefficient (Wildman–Crippen LogP) is 10.9. The lowest BCUT2D eigenvalue weighted by Gasteiger charge is -2.22. The maximum atomic E-state index is 5.21. The van der Waals surface area contributed by atoms with Crippen LogP contribution in [0.4, 0.5) is 0 Å². The molecule has 0 aliphatic heterocycles. The zero-order valence-corrected chi connectivity index (χ0v) is 26.7. The standard InChI is InChI=1S/C43H34N4/c1-43(2,3)34-25-31(29-12-5-4-6-13-29)24-33(26-34)39-27-32(28-40(46-39)38-16-9-10-22-44-38)30-18-20-35(21-19-30)47-41-17-8-7-14-36(41)37-15-11-23-45-42(37)47/h4-28H,1-3H3. The molecule has 226 valence electrons. The summed E-state index contributed by atoms with van der Waals surface area (Å²) in [7, 11) is 0. The second-order valence-corrected chi connectivity index (χ2v) is 13.0. The molecule has 0 saturated carbocycles. The molecule has 0 radical (unpaired) electrons. The van der Waals surface area contributed by atoms with Crippen LogP contribution in [0.2, 0.25) is 0 Å². The van der Waals surface area contributed by atoms with Crippen LogP contribution in [-0.4, -0.2) is 19.5 Å². The second kappa shape index (κ2) is 11.5. The van der Waals surface area contributed by atoms with Gasteiger partial charge < -0.3 is 0 Å². The van der Waals surface area contributed by atoms with Crippen molar-refractivity contribution in [1.82, 2.24) is 19.5 Å². The number of para-hydroxylation sites is 1. The molecular weight excluding hydrogens is 573 g/mol. The van der Waals surface area contributed by atoms with E-state index in [9.17, 15) is 0 Å². The zero-order chi connectivity index (χ0) is 32.0. The van der Waals surface area contributed by atoms with Gasteiger partial charge >= 0.3 is 0 Å². The van der Waals surface area contributed by atoms with Crippen molar-refractivity contribution >= 4 is 21.9 Å². The summed E-state index contributed by atoms with van der Waals surface area (Å²) in [5.41, 5.74) is 12.7. The molecule has 8 aromatic rings. The van der Waals surface area contributed by atoms with E-state index in [4.69, 9.17) is 9.97 Å². The van der Waals surface area contributed by atoms with Crippen molar-refractivity contribution in [2.45, 2.75) is 26.2 Å². The summed E-state index contributed by atoms with van der Waals surface area (Å²) < 4.78 is 2.24. The van der Waals surface area contributed by atoms with Gasteiger partial charge in [-0.05, 0) is 100.0 Å². The van der Waals surface area contributed by atoms with Crippen LogP contribution in [0.5, 0.6) is 0 Å². The van der Waals surface area contributed by atoms with Gasteiger partial charge in [-0.1, -0.05) is 93.6 Å². The Morgan fingerprint density at radius 3 is 1.91 bits per heavy atom. The summed E-state index contributed by atoms with van der Waals surface area (Å²) >= 11 is 0. The predicted molar refractivity (Wildman–Crippen MR) is 195 cm³/mol. The van der Waals surface area contributed by atoms with Crippen molar-refractivity contribution in [3.63, 3.8) is 0 Å². The van der Waals surface area contributed by atoms with Gasteiger partial charge in [0.2, 0.25) is 0 Å². The molecule has 4 aromatic carbocycles. The second-order valence-electron chi connectivity index (χ2n) is 13.0. The van der Waals surface area contributed by atoms with Crippen molar-refractivity contribution in [2.24, 2.45) is 0 Å². The number of benzene rings is 4. The summed E-state index contributed by atoms with van der Waals surface area (Å²) in [5, 5.41) is 2.35. The number of hydrogen-bond donors (Lipinski definition) is 0. The van der Waals surface area contributed by atoms with E-state index in [1.807, 2.05) is 36.7 Å². The van der Waals surface area contributed by atoms with Crippen molar-refractivity contribution < 1.29 is 0 Å². The van der Waals surface area contributed by atoms with Crippen LogP contribution in [0.3, 0.4) is 0 Å². The zero-order valence-electron chi connectivity index (χ0n) is 26.7. The molecule has 8 rings (SSSR count). The Balaban J connectivity index is 1.28. The molecular formula is C43H34N4. The van der Waals surface area contributed by atoms with Gasteiger partial charge in [-0.25, -0.2) is 9.97 Å². The summed E-state index contributed by atoms with van der Waals surface area (Å²) in [6, 6.07) is 49.2. The maximum absolute atomic E-state index is 5.21. The smallest absolute Gasteiger partial charge is 0.145 e. The first-order valence-corrected chi connectivity index (χ1v) is 16.0. The Bertz CT molecular complexity index is 2310. The van der Waals surface area contributed by atoms with E-state index < -0.39 is 0 Å². The Morgan fingerprint density at radius 2 is 1.13 bits per heavy atom. The molecule has 4 heterocycles. The van der Waals surface area contributed by atoms with Crippen molar-refractivity contribution in [3.05, 3.63) is 157 Å². The van der Waals surface area contributed by atoms with E-state index in [1.165, 1.54) is 22.1 Å². The van der Waals surface area contributed by atoms with E-state index in [-0.39, 0.29) is 5.41 Å². The lowest BCUT2D eigenvalue weighted by molar-refractivity contribution is 0.590. The third-order valence-electron chi connectivity index (χ3n) is 8.85. The molecule has 0 saturated heterocycles. The fraction of sp³-hybridized carbons (Fsp3) is 0.0930. The molecule has 0 unspecified atom stereocenters. The molecule has 0 spiro atoms. The normalized spacial score (nSPS) is 11.7. The number of fused-ring (bicyclic) bond motifs is 3. The summed E-state index contributed by atoms with van der Waals surface area (Å²) in [4.78, 5) is 14.6. The van der Waals surface area contributed by atoms with E-state index in [0.717, 1.165) is 56.0 Å². The fourth-order valence-corrected chi connectivity index (χ4v) is 6.36. The van der Waals surface area contributed by atoms with Gasteiger partial charge in [-0.2, -0.15) is 0 Å². The van der Waals surface area contributed by atoms with E-state index in [0.29, 0.717) is 0 Å². The minimum Gasteiger partial charge on any atom is -0.294 e. The van der Waals surface area contributed by atoms with Crippen LogP contribution in [0.15, 0.2) is 152 Å². The molecule has 0 N–H and O–H groups in total. The fourth-order valence-electron chi connectivity index (χ4n) is 6.36. The number of pyridine rings is 3. The Morgan fingerprint density at radius 1 is 0.468 bits per heavy atom. The van der Waals surface area contributed by atoms with Crippen molar-refractivity contribution in [3.8, 4) is 50.6 Å². The van der Waals surface area contributed by atoms with Gasteiger partial charge in [-0.15, -0.1) is 0 Å². The van der Waals surface area contributed by atoms with Crippen LogP contribution in [0, 0.1) is 0 Å². The highest BCUT2D eigenvalue weighted by Crippen LogP contribution is 2.36. The average molecular weight is 607 g/mol. The Labute approximate surface area is 275 Å². The number of hydrogen-bond acceptors (Lipinski definition) is 3. The lowest BCUT2D eigenvalue weighted by atomic mass is 9.83. The summed E-state index contributed by atoms with van der Waals surface area (Å²) in [6.07, 6.45) is 3.69. The summed E-state index contributed by atoms with van der Waals surface area (Å²) in [5.74, 6) is 0. The molecule has 47 heavy (non-hydrogen) atoms. The number of rotatable bonds is 5. The Kier molecular flexibility index (Phi) is 6.99. The van der Waals surface area contributed by atoms with Gasteiger partial charge in [0, 0.05) is 34.4 Å². The first kappa shape index (κ1) is 28.6. The molecule has 4 aromatic heterocycles. The molecule has 4 heteroatoms. The van der Waals surface area contributed by atoms with E-state index in [1.54, 1.807) is 0 Å². The molecule has 0 bridgehead atoms. The minimum absolute atomic E-state index is 0.0293. The molecule has 0 aliphatic carbocycles. The van der Waals surface area contributed by atoms with Crippen LogP contribution >= 0.6 is 0 Å². The van der Waals surface area contributed by atoms with Crippen LogP contribution in [0.1, 0.15) is 26.3 Å². The van der Waals surface area contributed by atoms with Gasteiger partial charge in [0.05, 0.1) is 22.6 Å². The molecule has 0 fully saturated rings. The first-order valence-electron chi connectivity index (χ1n) is 16.0. The molecule has 4 nitrogen and oxygen atoms in total. The van der Waals surface area contributed by atoms with Crippen LogP contribution in [0.25, 0.3) is 72.5 Å². The molecule has 0 aliphatic rings. The number of aromatic nitrogens is 4. The topological polar surface area (TPSA) is 43.6 Å². The third kappa shape index (κ3) is 5.38. The average Bonchev–Trinajstić information content (AvgIpc) is 3.46. The summed E-state index contributed by atoms with van der Waals surface area (Å²) in [6.45, 7) is 6.79. The largest absolute Gasteiger partial charge is 0.294 e. The van der Waals surface area contributed by atoms with Gasteiger partial charge in [0.25, 0.3) is 0 Å². The molecule has 0 atom stereocenters. The van der Waals surface area contributed by atoms with Crippen LogP contribution in [-0.2, 0) is 5.41 Å².